The quantitative estimate of drug-likeness (QED) is 0.655. The number of aliphatic hydroxyl groups is 1. The monoisotopic (exact) mass is 389 g/mol. The van der Waals surface area contributed by atoms with E-state index < -0.39 is 23.5 Å². The molecule has 0 fully saturated rings. The summed E-state index contributed by atoms with van der Waals surface area (Å²) in [6, 6.07) is 16.7. The number of benzene rings is 2. The molecule has 6 nitrogen and oxygen atoms in total. The van der Waals surface area contributed by atoms with Crippen molar-refractivity contribution in [3.63, 3.8) is 0 Å². The molecule has 6 heteroatoms. The first kappa shape index (κ1) is 18.6. The maximum absolute atomic E-state index is 13.1. The largest absolute Gasteiger partial charge is 0.503 e. The fraction of sp³-hybridized carbons (Fsp3) is 0.130. The van der Waals surface area contributed by atoms with Crippen molar-refractivity contribution in [3.05, 3.63) is 95.1 Å². The molecule has 0 saturated heterocycles. The Morgan fingerprint density at radius 3 is 2.34 bits per heavy atom. The van der Waals surface area contributed by atoms with Crippen LogP contribution in [0.5, 0.6) is 5.75 Å². The van der Waals surface area contributed by atoms with Gasteiger partial charge in [-0.1, -0.05) is 29.8 Å². The summed E-state index contributed by atoms with van der Waals surface area (Å²) in [4.78, 5) is 27.5. The van der Waals surface area contributed by atoms with E-state index in [0.29, 0.717) is 17.0 Å². The second kappa shape index (κ2) is 7.31. The first-order valence-electron chi connectivity index (χ1n) is 9.06. The molecular weight excluding hydrogens is 370 g/mol. The van der Waals surface area contributed by atoms with Crippen molar-refractivity contribution >= 4 is 17.4 Å². The number of hydrogen-bond donors (Lipinski definition) is 1. The number of anilines is 1. The number of carbonyl (C=O) groups excluding carboxylic acids is 2. The number of rotatable bonds is 5. The summed E-state index contributed by atoms with van der Waals surface area (Å²) in [7, 11) is 1.56. The molecular formula is C23H19NO5. The summed E-state index contributed by atoms with van der Waals surface area (Å²) in [5.74, 6) is -1.04. The molecule has 2 aromatic carbocycles. The average molecular weight is 389 g/mol. The number of aliphatic hydroxyl groups excluding tert-OH is 1. The molecule has 0 aliphatic carbocycles. The molecule has 0 bridgehead atoms. The van der Waals surface area contributed by atoms with Gasteiger partial charge in [-0.2, -0.15) is 0 Å². The lowest BCUT2D eigenvalue weighted by Crippen LogP contribution is -2.31. The van der Waals surface area contributed by atoms with E-state index >= 15 is 0 Å². The van der Waals surface area contributed by atoms with Crippen molar-refractivity contribution in [3.8, 4) is 5.75 Å². The van der Waals surface area contributed by atoms with Crippen LogP contribution in [0.4, 0.5) is 5.69 Å². The third-order valence-electron chi connectivity index (χ3n) is 4.94. The van der Waals surface area contributed by atoms with Crippen LogP contribution in [0.15, 0.2) is 82.7 Å². The van der Waals surface area contributed by atoms with Crippen LogP contribution in [0.2, 0.25) is 0 Å². The molecule has 1 unspecified atom stereocenters. The Balaban J connectivity index is 1.86. The molecule has 0 saturated carbocycles. The molecule has 1 aliphatic rings. The lowest BCUT2D eigenvalue weighted by Gasteiger charge is -2.27. The van der Waals surface area contributed by atoms with Gasteiger partial charge in [0, 0.05) is 5.69 Å². The molecule has 0 spiro atoms. The van der Waals surface area contributed by atoms with Gasteiger partial charge < -0.3 is 14.3 Å². The van der Waals surface area contributed by atoms with E-state index in [1.165, 1.54) is 17.2 Å². The minimum atomic E-state index is -0.797. The predicted octanol–water partition coefficient (Wildman–Crippen LogP) is 4.38. The number of ether oxygens (including phenoxy) is 1. The van der Waals surface area contributed by atoms with Gasteiger partial charge >= 0.3 is 0 Å². The van der Waals surface area contributed by atoms with Crippen molar-refractivity contribution in [2.75, 3.05) is 12.0 Å². The van der Waals surface area contributed by atoms with Crippen LogP contribution in [-0.4, -0.2) is 23.9 Å². The van der Waals surface area contributed by atoms with Crippen LogP contribution in [0.1, 0.15) is 27.7 Å². The fourth-order valence-electron chi connectivity index (χ4n) is 3.45. The van der Waals surface area contributed by atoms with Crippen molar-refractivity contribution < 1.29 is 23.8 Å². The number of aryl methyl sites for hydroxylation is 1. The minimum absolute atomic E-state index is 0.0179. The SMILES string of the molecule is COc1ccc(C2C(C(=O)c3ccco3)=C(O)C(=O)N2c2ccc(C)cc2)cc1. The number of nitrogens with zero attached hydrogens (tertiary/aromatic N) is 1. The molecule has 2 heterocycles. The van der Waals surface area contributed by atoms with Crippen LogP contribution in [0.3, 0.4) is 0 Å². The average Bonchev–Trinajstić information content (AvgIpc) is 3.36. The summed E-state index contributed by atoms with van der Waals surface area (Å²) >= 11 is 0. The van der Waals surface area contributed by atoms with E-state index in [4.69, 9.17) is 9.15 Å². The molecule has 1 aromatic heterocycles. The number of hydrogen-bond acceptors (Lipinski definition) is 5. The Morgan fingerprint density at radius 1 is 1.07 bits per heavy atom. The van der Waals surface area contributed by atoms with Gasteiger partial charge in [0.1, 0.15) is 5.75 Å². The Hall–Kier alpha value is -3.80. The van der Waals surface area contributed by atoms with Gasteiger partial charge in [-0.15, -0.1) is 0 Å². The van der Waals surface area contributed by atoms with Gasteiger partial charge in [-0.25, -0.2) is 0 Å². The second-order valence-electron chi connectivity index (χ2n) is 6.76. The Kier molecular flexibility index (Phi) is 4.68. The molecule has 0 radical (unpaired) electrons. The zero-order valence-electron chi connectivity index (χ0n) is 16.0. The first-order chi connectivity index (χ1) is 14.0. The van der Waals surface area contributed by atoms with Crippen LogP contribution < -0.4 is 9.64 Å². The summed E-state index contributed by atoms with van der Waals surface area (Å²) in [6.07, 6.45) is 1.38. The summed E-state index contributed by atoms with van der Waals surface area (Å²) in [5, 5.41) is 10.6. The number of furan rings is 1. The summed E-state index contributed by atoms with van der Waals surface area (Å²) in [5.41, 5.74) is 2.26. The normalized spacial score (nSPS) is 16.4. The van der Waals surface area contributed by atoms with E-state index in [1.807, 2.05) is 19.1 Å². The van der Waals surface area contributed by atoms with Crippen molar-refractivity contribution in [2.45, 2.75) is 13.0 Å². The summed E-state index contributed by atoms with van der Waals surface area (Å²) in [6.45, 7) is 1.94. The highest BCUT2D eigenvalue weighted by molar-refractivity contribution is 6.20. The molecule has 3 aromatic rings. The Morgan fingerprint density at radius 2 is 1.76 bits per heavy atom. The van der Waals surface area contributed by atoms with E-state index in [0.717, 1.165) is 5.56 Å². The number of amides is 1. The fourth-order valence-corrected chi connectivity index (χ4v) is 3.45. The highest BCUT2D eigenvalue weighted by Crippen LogP contribution is 2.42. The van der Waals surface area contributed by atoms with Crippen LogP contribution in [0.25, 0.3) is 0 Å². The maximum atomic E-state index is 13.1. The molecule has 1 N–H and O–H groups in total. The first-order valence-corrected chi connectivity index (χ1v) is 9.06. The van der Waals surface area contributed by atoms with Gasteiger partial charge in [0.25, 0.3) is 5.91 Å². The van der Waals surface area contributed by atoms with Gasteiger partial charge in [0.15, 0.2) is 11.5 Å². The lowest BCUT2D eigenvalue weighted by atomic mass is 9.94. The van der Waals surface area contributed by atoms with Crippen molar-refractivity contribution in [1.82, 2.24) is 0 Å². The van der Waals surface area contributed by atoms with E-state index in [-0.39, 0.29) is 11.3 Å². The number of carbonyl (C=O) groups is 2. The molecule has 29 heavy (non-hydrogen) atoms. The zero-order chi connectivity index (χ0) is 20.5. The van der Waals surface area contributed by atoms with E-state index in [9.17, 15) is 14.7 Å². The van der Waals surface area contributed by atoms with Crippen LogP contribution >= 0.6 is 0 Å². The van der Waals surface area contributed by atoms with Gasteiger partial charge in [0.2, 0.25) is 5.78 Å². The number of Topliss-reactive ketones (excluding diaryl/α,β-unsaturated/α-hetero) is 1. The summed E-state index contributed by atoms with van der Waals surface area (Å²) < 4.78 is 10.4. The Labute approximate surface area is 167 Å². The van der Waals surface area contributed by atoms with Gasteiger partial charge in [0.05, 0.1) is 25.0 Å². The zero-order valence-corrected chi connectivity index (χ0v) is 16.0. The molecule has 1 aliphatic heterocycles. The number of ketones is 1. The molecule has 1 atom stereocenters. The third-order valence-corrected chi connectivity index (χ3v) is 4.94. The highest BCUT2D eigenvalue weighted by atomic mass is 16.5. The van der Waals surface area contributed by atoms with Gasteiger partial charge in [-0.05, 0) is 48.9 Å². The molecule has 4 rings (SSSR count). The number of methoxy groups -OCH3 is 1. The smallest absolute Gasteiger partial charge is 0.294 e. The van der Waals surface area contributed by atoms with E-state index in [2.05, 4.69) is 0 Å². The Bertz CT molecular complexity index is 1080. The van der Waals surface area contributed by atoms with Gasteiger partial charge in [-0.3, -0.25) is 14.5 Å². The molecule has 146 valence electrons. The lowest BCUT2D eigenvalue weighted by molar-refractivity contribution is -0.117. The van der Waals surface area contributed by atoms with Crippen LogP contribution in [-0.2, 0) is 4.79 Å². The van der Waals surface area contributed by atoms with E-state index in [1.54, 1.807) is 49.6 Å². The molecule has 1 amide bonds. The third kappa shape index (κ3) is 3.18. The second-order valence-corrected chi connectivity index (χ2v) is 6.76. The minimum Gasteiger partial charge on any atom is -0.503 e. The van der Waals surface area contributed by atoms with Crippen molar-refractivity contribution in [1.29, 1.82) is 0 Å². The highest BCUT2D eigenvalue weighted by Gasteiger charge is 2.45. The topological polar surface area (TPSA) is 80.0 Å². The predicted molar refractivity (Wildman–Crippen MR) is 107 cm³/mol. The van der Waals surface area contributed by atoms with Crippen molar-refractivity contribution in [2.24, 2.45) is 0 Å². The van der Waals surface area contributed by atoms with Crippen LogP contribution in [0, 0.1) is 6.92 Å². The standard InChI is InChI=1S/C23H19NO5/c1-14-5-9-16(10-6-14)24-20(15-7-11-17(28-2)12-8-15)19(22(26)23(24)27)21(25)18-4-3-13-29-18/h3-13,20,26H,1-2H3. The maximum Gasteiger partial charge on any atom is 0.294 e.